The number of quaternary nitrogens is 1. The van der Waals surface area contributed by atoms with Gasteiger partial charge in [-0.05, 0) is 26.0 Å². The van der Waals surface area contributed by atoms with Gasteiger partial charge < -0.3 is 27.6 Å². The molecule has 96 valence electrons. The second-order valence-corrected chi connectivity index (χ2v) is 4.91. The van der Waals surface area contributed by atoms with Crippen LogP contribution in [0.15, 0.2) is 24.3 Å². The number of benzene rings is 1. The van der Waals surface area contributed by atoms with Gasteiger partial charge in [0.2, 0.25) is 5.79 Å². The summed E-state index contributed by atoms with van der Waals surface area (Å²) < 4.78 is 5.60. The normalized spacial score (nSPS) is 32.9. The van der Waals surface area contributed by atoms with Crippen molar-refractivity contribution < 1.29 is 27.6 Å². The van der Waals surface area contributed by atoms with Gasteiger partial charge in [0.05, 0.1) is 0 Å². The zero-order chi connectivity index (χ0) is 11.8. The smallest absolute Gasteiger partial charge is 0.246 e. The van der Waals surface area contributed by atoms with E-state index in [9.17, 15) is 5.11 Å². The third-order valence-corrected chi connectivity index (χ3v) is 3.27. The molecule has 3 N–H and O–H groups in total. The molecule has 2 rings (SSSR count). The van der Waals surface area contributed by atoms with Crippen molar-refractivity contribution in [2.24, 2.45) is 0 Å². The molecule has 0 amide bonds. The van der Waals surface area contributed by atoms with Gasteiger partial charge in [-0.2, -0.15) is 0 Å². The van der Waals surface area contributed by atoms with Crippen molar-refractivity contribution in [1.29, 1.82) is 0 Å². The van der Waals surface area contributed by atoms with Crippen LogP contribution in [0.25, 0.3) is 0 Å². The Balaban J connectivity index is 0.00000144. The van der Waals surface area contributed by atoms with Crippen molar-refractivity contribution in [3.05, 3.63) is 34.9 Å². The Morgan fingerprint density at radius 3 is 2.76 bits per heavy atom. The van der Waals surface area contributed by atoms with E-state index in [0.717, 1.165) is 5.56 Å². The lowest BCUT2D eigenvalue weighted by molar-refractivity contribution is -0.760. The largest absolute Gasteiger partial charge is 1.00 e. The third kappa shape index (κ3) is 2.92. The number of rotatable bonds is 1. The first-order valence-electron chi connectivity index (χ1n) is 5.50. The molecule has 0 aliphatic carbocycles. The number of halogens is 2. The zero-order valence-corrected chi connectivity index (χ0v) is 11.4. The van der Waals surface area contributed by atoms with E-state index in [1.165, 1.54) is 0 Å². The molecule has 1 aromatic rings. The molecule has 0 aromatic heterocycles. The molecule has 5 heteroatoms. The molecule has 3 atom stereocenters. The third-order valence-electron chi connectivity index (χ3n) is 3.04. The summed E-state index contributed by atoms with van der Waals surface area (Å²) in [4.78, 5) is 0. The summed E-state index contributed by atoms with van der Waals surface area (Å²) in [7, 11) is 0. The van der Waals surface area contributed by atoms with Crippen molar-refractivity contribution >= 4 is 11.6 Å². The quantitative estimate of drug-likeness (QED) is 0.616. The van der Waals surface area contributed by atoms with E-state index in [-0.39, 0.29) is 18.4 Å². The Labute approximate surface area is 113 Å². The van der Waals surface area contributed by atoms with Gasteiger partial charge >= 0.3 is 0 Å². The molecular weight excluding hydrogens is 261 g/mol. The predicted octanol–water partition coefficient (Wildman–Crippen LogP) is -2.14. The summed E-state index contributed by atoms with van der Waals surface area (Å²) in [5, 5.41) is 13.3. The van der Waals surface area contributed by atoms with E-state index in [1.54, 1.807) is 12.1 Å². The Kier molecular flexibility index (Phi) is 4.81. The van der Waals surface area contributed by atoms with Crippen molar-refractivity contribution in [2.75, 3.05) is 6.61 Å². The highest BCUT2D eigenvalue weighted by molar-refractivity contribution is 6.30. The SMILES string of the molecule is C[C@@H]1CO[C@@](O)(c2cccc(Cl)c2)[C@H](C)[NH2+]1.[Cl-]. The Morgan fingerprint density at radius 1 is 1.47 bits per heavy atom. The van der Waals surface area contributed by atoms with Crippen LogP contribution in [-0.2, 0) is 10.5 Å². The molecule has 0 saturated carbocycles. The summed E-state index contributed by atoms with van der Waals surface area (Å²) in [6.07, 6.45) is 0. The molecule has 1 aromatic carbocycles. The molecule has 0 radical (unpaired) electrons. The summed E-state index contributed by atoms with van der Waals surface area (Å²) in [5.41, 5.74) is 0.718. The lowest BCUT2D eigenvalue weighted by atomic mass is 9.96. The maximum absolute atomic E-state index is 10.5. The average Bonchev–Trinajstić information content (AvgIpc) is 2.24. The van der Waals surface area contributed by atoms with E-state index in [4.69, 9.17) is 16.3 Å². The molecule has 1 aliphatic heterocycles. The molecule has 1 saturated heterocycles. The van der Waals surface area contributed by atoms with Gasteiger partial charge in [-0.25, -0.2) is 0 Å². The molecular formula is C12H17Cl2NO2. The topological polar surface area (TPSA) is 46.1 Å². The van der Waals surface area contributed by atoms with Crippen LogP contribution < -0.4 is 17.7 Å². The first-order chi connectivity index (χ1) is 7.52. The monoisotopic (exact) mass is 277 g/mol. The van der Waals surface area contributed by atoms with Gasteiger partial charge in [0, 0.05) is 10.6 Å². The van der Waals surface area contributed by atoms with Gasteiger partial charge in [0.1, 0.15) is 18.7 Å². The van der Waals surface area contributed by atoms with Crippen molar-refractivity contribution in [1.82, 2.24) is 0 Å². The van der Waals surface area contributed by atoms with Crippen LogP contribution in [0.1, 0.15) is 19.4 Å². The molecule has 0 spiro atoms. The minimum Gasteiger partial charge on any atom is -1.00 e. The van der Waals surface area contributed by atoms with Gasteiger partial charge in [0.15, 0.2) is 0 Å². The fourth-order valence-electron chi connectivity index (χ4n) is 2.13. The Hall–Kier alpha value is -0.320. The molecule has 3 nitrogen and oxygen atoms in total. The highest BCUT2D eigenvalue weighted by Gasteiger charge is 2.44. The lowest BCUT2D eigenvalue weighted by Gasteiger charge is -2.38. The number of nitrogens with two attached hydrogens (primary N) is 1. The van der Waals surface area contributed by atoms with Crippen molar-refractivity contribution in [2.45, 2.75) is 31.7 Å². The number of hydrogen-bond donors (Lipinski definition) is 2. The van der Waals surface area contributed by atoms with E-state index in [2.05, 4.69) is 12.2 Å². The van der Waals surface area contributed by atoms with Crippen LogP contribution in [0, 0.1) is 0 Å². The molecule has 1 aliphatic rings. The lowest BCUT2D eigenvalue weighted by Crippen LogP contribution is -3.00. The molecule has 0 unspecified atom stereocenters. The van der Waals surface area contributed by atoms with Crippen LogP contribution in [0.3, 0.4) is 0 Å². The molecule has 17 heavy (non-hydrogen) atoms. The average molecular weight is 278 g/mol. The number of aliphatic hydroxyl groups is 1. The van der Waals surface area contributed by atoms with Crippen molar-refractivity contribution in [3.8, 4) is 0 Å². The van der Waals surface area contributed by atoms with Crippen molar-refractivity contribution in [3.63, 3.8) is 0 Å². The van der Waals surface area contributed by atoms with Crippen LogP contribution in [0.4, 0.5) is 0 Å². The van der Waals surface area contributed by atoms with Crippen LogP contribution >= 0.6 is 11.6 Å². The standard InChI is InChI=1S/C12H16ClNO2.ClH/c1-8-7-16-12(15,9(2)14-8)10-4-3-5-11(13)6-10;/h3-6,8-9,14-15H,7H2,1-2H3;1H/t8-,9+,12-;/m1./s1. The fraction of sp³-hybridized carbons (Fsp3) is 0.500. The van der Waals surface area contributed by atoms with Gasteiger partial charge in [-0.15, -0.1) is 0 Å². The van der Waals surface area contributed by atoms with Gasteiger partial charge in [-0.1, -0.05) is 23.7 Å². The first kappa shape index (κ1) is 14.7. The predicted molar refractivity (Wildman–Crippen MR) is 62.2 cm³/mol. The van der Waals surface area contributed by atoms with Crippen LogP contribution in [0.5, 0.6) is 0 Å². The zero-order valence-electron chi connectivity index (χ0n) is 9.86. The maximum Gasteiger partial charge on any atom is 0.246 e. The van der Waals surface area contributed by atoms with Gasteiger partial charge in [-0.3, -0.25) is 0 Å². The summed E-state index contributed by atoms with van der Waals surface area (Å²) >= 11 is 5.93. The van der Waals surface area contributed by atoms with E-state index in [1.807, 2.05) is 19.1 Å². The highest BCUT2D eigenvalue weighted by Crippen LogP contribution is 2.28. The maximum atomic E-state index is 10.5. The first-order valence-corrected chi connectivity index (χ1v) is 5.87. The summed E-state index contributed by atoms with van der Waals surface area (Å²) in [6.45, 7) is 4.57. The molecule has 1 heterocycles. The van der Waals surface area contributed by atoms with Crippen LogP contribution in [0.2, 0.25) is 5.02 Å². The van der Waals surface area contributed by atoms with Crippen LogP contribution in [-0.4, -0.2) is 23.8 Å². The molecule has 0 bridgehead atoms. The minimum atomic E-state index is -1.24. The fourth-order valence-corrected chi connectivity index (χ4v) is 2.32. The van der Waals surface area contributed by atoms with E-state index in [0.29, 0.717) is 17.7 Å². The summed E-state index contributed by atoms with van der Waals surface area (Å²) in [5.74, 6) is -1.24. The van der Waals surface area contributed by atoms with E-state index < -0.39 is 5.79 Å². The highest BCUT2D eigenvalue weighted by atomic mass is 35.5. The number of morpholine rings is 1. The number of hydrogen-bond acceptors (Lipinski definition) is 2. The molecule has 1 fully saturated rings. The Bertz CT molecular complexity index is 389. The number of ether oxygens (including phenoxy) is 1. The minimum absolute atomic E-state index is 0. The van der Waals surface area contributed by atoms with E-state index >= 15 is 0 Å². The Morgan fingerprint density at radius 2 is 2.18 bits per heavy atom. The second kappa shape index (κ2) is 5.55. The second-order valence-electron chi connectivity index (χ2n) is 4.48. The van der Waals surface area contributed by atoms with Gasteiger partial charge in [0.25, 0.3) is 0 Å². The summed E-state index contributed by atoms with van der Waals surface area (Å²) in [6, 6.07) is 7.52.